The molecule has 0 aliphatic rings. The molecule has 0 unspecified atom stereocenters. The summed E-state index contributed by atoms with van der Waals surface area (Å²) in [6.45, 7) is 0.662. The summed E-state index contributed by atoms with van der Waals surface area (Å²) < 4.78 is 1.80. The number of carbonyl (C=O) groups is 2. The predicted octanol–water partition coefficient (Wildman–Crippen LogP) is 2.86. The van der Waals surface area contributed by atoms with Crippen molar-refractivity contribution in [2.24, 2.45) is 0 Å². The first kappa shape index (κ1) is 19.3. The van der Waals surface area contributed by atoms with Crippen LogP contribution in [0, 0.1) is 0 Å². The Hall–Kier alpha value is -4.00. The smallest absolute Gasteiger partial charge is 0.251 e. The number of pyridine rings is 1. The highest BCUT2D eigenvalue weighted by Crippen LogP contribution is 2.15. The van der Waals surface area contributed by atoms with Gasteiger partial charge in [0.1, 0.15) is 12.1 Å². The highest BCUT2D eigenvalue weighted by atomic mass is 16.2. The summed E-state index contributed by atoms with van der Waals surface area (Å²) in [5, 5.41) is 7.76. The second-order valence-corrected chi connectivity index (χ2v) is 6.84. The number of nitrogens with one attached hydrogen (secondary N) is 2. The highest BCUT2D eigenvalue weighted by molar-refractivity contribution is 5.98. The zero-order valence-electron chi connectivity index (χ0n) is 16.3. The first-order chi connectivity index (χ1) is 14.7. The van der Waals surface area contributed by atoms with Crippen molar-refractivity contribution in [2.75, 3.05) is 6.54 Å². The maximum absolute atomic E-state index is 12.3. The van der Waals surface area contributed by atoms with Crippen LogP contribution in [0.15, 0.2) is 79.5 Å². The largest absolute Gasteiger partial charge is 0.352 e. The van der Waals surface area contributed by atoms with Crippen LogP contribution in [0.1, 0.15) is 22.3 Å². The third-order valence-corrected chi connectivity index (χ3v) is 4.72. The van der Waals surface area contributed by atoms with Crippen molar-refractivity contribution in [1.82, 2.24) is 25.2 Å². The number of amides is 2. The molecule has 0 fully saturated rings. The van der Waals surface area contributed by atoms with Gasteiger partial charge in [-0.25, -0.2) is 9.97 Å². The van der Waals surface area contributed by atoms with E-state index < -0.39 is 0 Å². The van der Waals surface area contributed by atoms with Crippen molar-refractivity contribution in [1.29, 1.82) is 0 Å². The summed E-state index contributed by atoms with van der Waals surface area (Å²) in [5.74, 6) is 0.421. The third kappa shape index (κ3) is 4.70. The number of benzene rings is 2. The van der Waals surface area contributed by atoms with Crippen molar-refractivity contribution in [3.8, 4) is 5.82 Å². The molecule has 150 valence electrons. The number of hydrogen-bond acceptors (Lipinski definition) is 4. The van der Waals surface area contributed by atoms with Crippen molar-refractivity contribution < 1.29 is 9.59 Å². The van der Waals surface area contributed by atoms with E-state index in [1.807, 2.05) is 54.7 Å². The van der Waals surface area contributed by atoms with Gasteiger partial charge in [-0.15, -0.1) is 0 Å². The van der Waals surface area contributed by atoms with Crippen LogP contribution in [0.3, 0.4) is 0 Å². The fraction of sp³-hybridized carbons (Fsp3) is 0.130. The molecule has 2 aromatic carbocycles. The van der Waals surface area contributed by atoms with Crippen LogP contribution in [-0.2, 0) is 11.3 Å². The lowest BCUT2D eigenvalue weighted by Gasteiger charge is -2.08. The monoisotopic (exact) mass is 399 g/mol. The molecule has 2 heterocycles. The SMILES string of the molecule is O=C(CCNC(=O)c1ccc2ccccc2c1)NCc1ccnc(-n2ccnc2)c1. The number of imidazole rings is 1. The number of carbonyl (C=O) groups excluding carboxylic acids is 2. The minimum absolute atomic E-state index is 0.130. The van der Waals surface area contributed by atoms with Gasteiger partial charge in [0, 0.05) is 43.7 Å². The van der Waals surface area contributed by atoms with E-state index in [-0.39, 0.29) is 24.8 Å². The standard InChI is InChI=1S/C23H21N5O2/c29-22(27-15-17-7-9-25-21(13-17)28-12-11-24-16-28)8-10-26-23(30)20-6-5-18-3-1-2-4-19(18)14-20/h1-7,9,11-14,16H,8,10,15H2,(H,26,30)(H,27,29). The molecule has 4 rings (SSSR count). The Morgan fingerprint density at radius 3 is 2.63 bits per heavy atom. The Kier molecular flexibility index (Phi) is 5.80. The highest BCUT2D eigenvalue weighted by Gasteiger charge is 2.08. The molecule has 0 bridgehead atoms. The molecule has 2 amide bonds. The molecule has 7 nitrogen and oxygen atoms in total. The Balaban J connectivity index is 1.25. The minimum atomic E-state index is -0.187. The quantitative estimate of drug-likeness (QED) is 0.500. The van der Waals surface area contributed by atoms with Gasteiger partial charge in [0.05, 0.1) is 0 Å². The van der Waals surface area contributed by atoms with Crippen LogP contribution < -0.4 is 10.6 Å². The maximum atomic E-state index is 12.3. The summed E-state index contributed by atoms with van der Waals surface area (Å²) in [4.78, 5) is 32.8. The molecular weight excluding hydrogens is 378 g/mol. The molecule has 0 spiro atoms. The lowest BCUT2D eigenvalue weighted by Crippen LogP contribution is -2.30. The van der Waals surface area contributed by atoms with Gasteiger partial charge in [0.15, 0.2) is 0 Å². The summed E-state index contributed by atoms with van der Waals surface area (Å²) in [6, 6.07) is 17.2. The molecule has 4 aromatic rings. The molecule has 30 heavy (non-hydrogen) atoms. The Morgan fingerprint density at radius 1 is 0.933 bits per heavy atom. The van der Waals surface area contributed by atoms with Crippen LogP contribution in [0.5, 0.6) is 0 Å². The van der Waals surface area contributed by atoms with Gasteiger partial charge in [-0.1, -0.05) is 30.3 Å². The lowest BCUT2D eigenvalue weighted by molar-refractivity contribution is -0.121. The summed E-state index contributed by atoms with van der Waals surface area (Å²) >= 11 is 0. The number of fused-ring (bicyclic) bond motifs is 1. The summed E-state index contributed by atoms with van der Waals surface area (Å²) in [7, 11) is 0. The average Bonchev–Trinajstić information content (AvgIpc) is 3.32. The van der Waals surface area contributed by atoms with Gasteiger partial charge in [0.2, 0.25) is 5.91 Å². The Morgan fingerprint density at radius 2 is 1.80 bits per heavy atom. The lowest BCUT2D eigenvalue weighted by atomic mass is 10.1. The molecule has 0 radical (unpaired) electrons. The molecule has 2 aromatic heterocycles. The van der Waals surface area contributed by atoms with Crippen LogP contribution in [0.4, 0.5) is 0 Å². The number of aromatic nitrogens is 3. The van der Waals surface area contributed by atoms with E-state index in [1.54, 1.807) is 29.4 Å². The van der Waals surface area contributed by atoms with E-state index in [4.69, 9.17) is 0 Å². The van der Waals surface area contributed by atoms with Gasteiger partial charge in [-0.2, -0.15) is 0 Å². The fourth-order valence-corrected chi connectivity index (χ4v) is 3.12. The predicted molar refractivity (Wildman–Crippen MR) is 114 cm³/mol. The van der Waals surface area contributed by atoms with Gasteiger partial charge in [-0.3, -0.25) is 14.2 Å². The first-order valence-electron chi connectivity index (χ1n) is 9.66. The number of nitrogens with zero attached hydrogens (tertiary/aromatic N) is 3. The topological polar surface area (TPSA) is 88.9 Å². The van der Waals surface area contributed by atoms with Gasteiger partial charge in [0.25, 0.3) is 5.91 Å². The number of rotatable bonds is 7. The molecule has 0 atom stereocenters. The second-order valence-electron chi connectivity index (χ2n) is 6.84. The maximum Gasteiger partial charge on any atom is 0.251 e. The summed E-state index contributed by atoms with van der Waals surface area (Å²) in [5.41, 5.74) is 1.51. The van der Waals surface area contributed by atoms with Crippen molar-refractivity contribution in [3.05, 3.63) is 90.6 Å². The van der Waals surface area contributed by atoms with Crippen LogP contribution in [0.2, 0.25) is 0 Å². The zero-order chi connectivity index (χ0) is 20.8. The van der Waals surface area contributed by atoms with Crippen molar-refractivity contribution in [2.45, 2.75) is 13.0 Å². The normalized spacial score (nSPS) is 10.7. The Labute approximate surface area is 173 Å². The van der Waals surface area contributed by atoms with Crippen molar-refractivity contribution in [3.63, 3.8) is 0 Å². The molecule has 7 heteroatoms. The zero-order valence-corrected chi connectivity index (χ0v) is 16.3. The second kappa shape index (κ2) is 9.00. The van der Waals surface area contributed by atoms with Gasteiger partial charge >= 0.3 is 0 Å². The molecule has 2 N–H and O–H groups in total. The molecule has 0 saturated carbocycles. The average molecular weight is 399 g/mol. The first-order valence-corrected chi connectivity index (χ1v) is 9.66. The minimum Gasteiger partial charge on any atom is -0.352 e. The van der Waals surface area contributed by atoms with Gasteiger partial charge < -0.3 is 10.6 Å². The van der Waals surface area contributed by atoms with E-state index in [2.05, 4.69) is 20.6 Å². The molecule has 0 aliphatic heterocycles. The van der Waals surface area contributed by atoms with E-state index in [9.17, 15) is 9.59 Å². The molecule has 0 saturated heterocycles. The van der Waals surface area contributed by atoms with Crippen LogP contribution in [-0.4, -0.2) is 32.9 Å². The van der Waals surface area contributed by atoms with Crippen molar-refractivity contribution >= 4 is 22.6 Å². The fourth-order valence-electron chi connectivity index (χ4n) is 3.12. The van der Waals surface area contributed by atoms with E-state index >= 15 is 0 Å². The van der Waals surface area contributed by atoms with Gasteiger partial charge in [-0.05, 0) is 40.6 Å². The Bertz CT molecular complexity index is 1170. The van der Waals surface area contributed by atoms with E-state index in [0.717, 1.165) is 22.2 Å². The van der Waals surface area contributed by atoms with Crippen LogP contribution >= 0.6 is 0 Å². The van der Waals surface area contributed by atoms with E-state index in [0.29, 0.717) is 12.1 Å². The van der Waals surface area contributed by atoms with Crippen LogP contribution in [0.25, 0.3) is 16.6 Å². The van der Waals surface area contributed by atoms with E-state index in [1.165, 1.54) is 0 Å². The molecular formula is C23H21N5O2. The number of hydrogen-bond donors (Lipinski definition) is 2. The summed E-state index contributed by atoms with van der Waals surface area (Å²) in [6.07, 6.45) is 7.06. The molecule has 0 aliphatic carbocycles. The third-order valence-electron chi connectivity index (χ3n) is 4.72.